The van der Waals surface area contributed by atoms with Crippen LogP contribution in [0.4, 0.5) is 11.4 Å². The number of carbonyl (C=O) groups is 1. The van der Waals surface area contributed by atoms with E-state index in [1.807, 2.05) is 12.1 Å². The summed E-state index contributed by atoms with van der Waals surface area (Å²) >= 11 is 0. The Bertz CT molecular complexity index is 1020. The number of piperazine rings is 1. The molecule has 6 heteroatoms. The smallest absolute Gasteiger partial charge is 0.262 e. The van der Waals surface area contributed by atoms with Crippen LogP contribution >= 0.6 is 0 Å². The van der Waals surface area contributed by atoms with Crippen LogP contribution in [0.15, 0.2) is 48.7 Å². The van der Waals surface area contributed by atoms with Crippen LogP contribution in [0.5, 0.6) is 5.75 Å². The number of anilines is 2. The lowest BCUT2D eigenvalue weighted by Crippen LogP contribution is -2.47. The van der Waals surface area contributed by atoms with Crippen molar-refractivity contribution in [3.63, 3.8) is 0 Å². The van der Waals surface area contributed by atoms with Crippen LogP contribution in [0.2, 0.25) is 0 Å². The van der Waals surface area contributed by atoms with E-state index in [-0.39, 0.29) is 12.5 Å². The fourth-order valence-electron chi connectivity index (χ4n) is 4.39. The third kappa shape index (κ3) is 3.68. The fourth-order valence-corrected chi connectivity index (χ4v) is 4.39. The van der Waals surface area contributed by atoms with Gasteiger partial charge in [0, 0.05) is 43.3 Å². The lowest BCUT2D eigenvalue weighted by molar-refractivity contribution is -0.118. The topological polar surface area (TPSA) is 60.6 Å². The molecule has 0 unspecified atom stereocenters. The van der Waals surface area contributed by atoms with E-state index in [0.717, 1.165) is 62.7 Å². The van der Waals surface area contributed by atoms with Crippen LogP contribution in [0, 0.1) is 0 Å². The summed E-state index contributed by atoms with van der Waals surface area (Å²) in [4.78, 5) is 19.8. The highest BCUT2D eigenvalue weighted by Crippen LogP contribution is 2.38. The SMILES string of the molecule is O=C1COc2c(cccc2N2CCN(CCCc3c[nH]c4ccccc34)CC2)N1. The van der Waals surface area contributed by atoms with Crippen molar-refractivity contribution in [3.05, 3.63) is 54.2 Å². The number of H-pyrrole nitrogens is 1. The van der Waals surface area contributed by atoms with E-state index in [4.69, 9.17) is 4.74 Å². The molecule has 1 saturated heterocycles. The summed E-state index contributed by atoms with van der Waals surface area (Å²) in [6.45, 7) is 5.25. The molecule has 0 aliphatic carbocycles. The monoisotopic (exact) mass is 390 g/mol. The Morgan fingerprint density at radius 2 is 1.86 bits per heavy atom. The predicted molar refractivity (Wildman–Crippen MR) is 116 cm³/mol. The number of nitrogens with one attached hydrogen (secondary N) is 2. The third-order valence-corrected chi connectivity index (χ3v) is 5.92. The molecule has 0 radical (unpaired) electrons. The minimum atomic E-state index is -0.0883. The zero-order chi connectivity index (χ0) is 19.6. The van der Waals surface area contributed by atoms with Crippen LogP contribution in [-0.4, -0.2) is 55.1 Å². The molecule has 0 saturated carbocycles. The number of aromatic amines is 1. The van der Waals surface area contributed by atoms with Gasteiger partial charge in [0.15, 0.2) is 12.4 Å². The van der Waals surface area contributed by atoms with Crippen LogP contribution in [0.3, 0.4) is 0 Å². The number of carbonyl (C=O) groups excluding carboxylic acids is 1. The first-order chi connectivity index (χ1) is 14.3. The molecular formula is C23H26N4O2. The number of para-hydroxylation sites is 2. The summed E-state index contributed by atoms with van der Waals surface area (Å²) in [5.41, 5.74) is 4.50. The van der Waals surface area contributed by atoms with Gasteiger partial charge in [0.25, 0.3) is 5.91 Å². The summed E-state index contributed by atoms with van der Waals surface area (Å²) in [6.07, 6.45) is 4.42. The number of rotatable bonds is 5. The molecule has 0 bridgehead atoms. The Kier molecular flexibility index (Phi) is 4.86. The van der Waals surface area contributed by atoms with Crippen molar-refractivity contribution in [3.8, 4) is 5.75 Å². The summed E-state index contributed by atoms with van der Waals surface area (Å²) in [5.74, 6) is 0.717. The number of hydrogen-bond acceptors (Lipinski definition) is 4. The first-order valence-electron chi connectivity index (χ1n) is 10.4. The van der Waals surface area contributed by atoms with Gasteiger partial charge >= 0.3 is 0 Å². The largest absolute Gasteiger partial charge is 0.479 e. The molecule has 29 heavy (non-hydrogen) atoms. The van der Waals surface area contributed by atoms with Gasteiger partial charge in [-0.1, -0.05) is 24.3 Å². The van der Waals surface area contributed by atoms with Crippen LogP contribution < -0.4 is 15.0 Å². The lowest BCUT2D eigenvalue weighted by Gasteiger charge is -2.37. The van der Waals surface area contributed by atoms with Crippen molar-refractivity contribution in [1.29, 1.82) is 0 Å². The molecule has 6 nitrogen and oxygen atoms in total. The van der Waals surface area contributed by atoms with Crippen molar-refractivity contribution >= 4 is 28.2 Å². The third-order valence-electron chi connectivity index (χ3n) is 5.92. The predicted octanol–water partition coefficient (Wildman–Crippen LogP) is 3.25. The maximum absolute atomic E-state index is 11.6. The van der Waals surface area contributed by atoms with Crippen LogP contribution in [0.1, 0.15) is 12.0 Å². The zero-order valence-electron chi connectivity index (χ0n) is 16.5. The molecule has 0 atom stereocenters. The highest BCUT2D eigenvalue weighted by Gasteiger charge is 2.24. The molecule has 1 amide bonds. The Labute approximate surface area is 170 Å². The minimum absolute atomic E-state index is 0.0883. The number of hydrogen-bond donors (Lipinski definition) is 2. The molecule has 3 aromatic rings. The summed E-state index contributed by atoms with van der Waals surface area (Å²) < 4.78 is 5.72. The number of fused-ring (bicyclic) bond motifs is 2. The first kappa shape index (κ1) is 18.1. The van der Waals surface area contributed by atoms with E-state index in [1.54, 1.807) is 0 Å². The lowest BCUT2D eigenvalue weighted by atomic mass is 10.1. The number of aromatic nitrogens is 1. The second kappa shape index (κ2) is 7.79. The summed E-state index contributed by atoms with van der Waals surface area (Å²) in [5, 5.41) is 4.24. The summed E-state index contributed by atoms with van der Waals surface area (Å²) in [6, 6.07) is 14.5. The van der Waals surface area contributed by atoms with Gasteiger partial charge in [0.05, 0.1) is 11.4 Å². The maximum Gasteiger partial charge on any atom is 0.262 e. The van der Waals surface area contributed by atoms with Gasteiger partial charge in [-0.2, -0.15) is 0 Å². The van der Waals surface area contributed by atoms with Gasteiger partial charge in [-0.25, -0.2) is 0 Å². The highest BCUT2D eigenvalue weighted by atomic mass is 16.5. The molecule has 3 heterocycles. The van der Waals surface area contributed by atoms with Crippen molar-refractivity contribution in [2.75, 3.05) is 49.5 Å². The first-order valence-corrected chi connectivity index (χ1v) is 10.4. The fraction of sp³-hybridized carbons (Fsp3) is 0.348. The molecule has 1 aromatic heterocycles. The van der Waals surface area contributed by atoms with E-state index in [0.29, 0.717) is 0 Å². The van der Waals surface area contributed by atoms with E-state index in [9.17, 15) is 4.79 Å². The molecule has 0 spiro atoms. The van der Waals surface area contributed by atoms with Crippen molar-refractivity contribution in [1.82, 2.24) is 9.88 Å². The molecule has 5 rings (SSSR count). The second-order valence-corrected chi connectivity index (χ2v) is 7.78. The Hall–Kier alpha value is -2.99. The molecule has 2 aromatic carbocycles. The quantitative estimate of drug-likeness (QED) is 0.702. The number of benzene rings is 2. The summed E-state index contributed by atoms with van der Waals surface area (Å²) in [7, 11) is 0. The van der Waals surface area contributed by atoms with Gasteiger partial charge in [0.1, 0.15) is 0 Å². The van der Waals surface area contributed by atoms with Gasteiger partial charge in [-0.3, -0.25) is 9.69 Å². The Morgan fingerprint density at radius 1 is 1.00 bits per heavy atom. The number of nitrogens with zero attached hydrogens (tertiary/aromatic N) is 2. The van der Waals surface area contributed by atoms with E-state index in [2.05, 4.69) is 56.6 Å². The van der Waals surface area contributed by atoms with E-state index < -0.39 is 0 Å². The number of aryl methyl sites for hydroxylation is 1. The normalized spacial score (nSPS) is 17.1. The highest BCUT2D eigenvalue weighted by molar-refractivity contribution is 5.97. The molecule has 1 fully saturated rings. The van der Waals surface area contributed by atoms with Crippen molar-refractivity contribution in [2.24, 2.45) is 0 Å². The Morgan fingerprint density at radius 3 is 2.76 bits per heavy atom. The van der Waals surface area contributed by atoms with Gasteiger partial charge in [-0.05, 0) is 43.1 Å². The van der Waals surface area contributed by atoms with E-state index >= 15 is 0 Å². The number of amides is 1. The van der Waals surface area contributed by atoms with Crippen molar-refractivity contribution < 1.29 is 9.53 Å². The van der Waals surface area contributed by atoms with Gasteiger partial charge < -0.3 is 19.9 Å². The molecule has 2 aliphatic rings. The van der Waals surface area contributed by atoms with Crippen molar-refractivity contribution in [2.45, 2.75) is 12.8 Å². The zero-order valence-corrected chi connectivity index (χ0v) is 16.5. The Balaban J connectivity index is 1.15. The van der Waals surface area contributed by atoms with Crippen LogP contribution in [0.25, 0.3) is 10.9 Å². The maximum atomic E-state index is 11.6. The second-order valence-electron chi connectivity index (χ2n) is 7.78. The molecular weight excluding hydrogens is 364 g/mol. The average Bonchev–Trinajstić information content (AvgIpc) is 3.17. The standard InChI is InChI=1S/C23H26N4O2/c28-22-16-29-23-20(25-22)8-3-9-21(23)27-13-11-26(12-14-27)10-4-5-17-15-24-19-7-2-1-6-18(17)19/h1-3,6-9,15,24H,4-5,10-14,16H2,(H,25,28). The molecule has 2 N–H and O–H groups in total. The molecule has 2 aliphatic heterocycles. The van der Waals surface area contributed by atoms with Gasteiger partial charge in [0.2, 0.25) is 0 Å². The van der Waals surface area contributed by atoms with E-state index in [1.165, 1.54) is 16.5 Å². The molecule has 150 valence electrons. The van der Waals surface area contributed by atoms with Gasteiger partial charge in [-0.15, -0.1) is 0 Å². The average molecular weight is 390 g/mol. The van der Waals surface area contributed by atoms with Crippen LogP contribution in [-0.2, 0) is 11.2 Å². The minimum Gasteiger partial charge on any atom is -0.479 e. The number of ether oxygens (including phenoxy) is 1.